The molecular weight excluding hydrogens is 420 g/mol. The molecule has 0 aliphatic rings. The molecule has 3 aromatic rings. The molecule has 10 heteroatoms. The Kier molecular flexibility index (Phi) is 6.51. The van der Waals surface area contributed by atoms with Gasteiger partial charge in [0.25, 0.3) is 15.7 Å². The number of non-ortho nitro benzene ring substituents is 1. The molecule has 9 nitrogen and oxygen atoms in total. The number of hydrogen-bond acceptors (Lipinski definition) is 7. The number of para-hydroxylation sites is 2. The van der Waals surface area contributed by atoms with Gasteiger partial charge in [0.2, 0.25) is 0 Å². The Morgan fingerprint density at radius 2 is 1.68 bits per heavy atom. The second-order valence-corrected chi connectivity index (χ2v) is 8.07. The highest BCUT2D eigenvalue weighted by Gasteiger charge is 2.24. The van der Waals surface area contributed by atoms with Crippen LogP contribution in [0.2, 0.25) is 0 Å². The normalized spacial score (nSPS) is 11.6. The van der Waals surface area contributed by atoms with Gasteiger partial charge in [-0.3, -0.25) is 20.3 Å². The van der Waals surface area contributed by atoms with Crippen molar-refractivity contribution in [3.05, 3.63) is 88.5 Å². The number of ether oxygens (including phenoxy) is 1. The van der Waals surface area contributed by atoms with E-state index in [4.69, 9.17) is 4.74 Å². The Labute approximate surface area is 179 Å². The third-order valence-electron chi connectivity index (χ3n) is 4.35. The molecule has 160 valence electrons. The van der Waals surface area contributed by atoms with Crippen LogP contribution in [0.3, 0.4) is 0 Å². The highest BCUT2D eigenvalue weighted by atomic mass is 32.2. The van der Waals surface area contributed by atoms with Crippen molar-refractivity contribution in [1.29, 1.82) is 0 Å². The third kappa shape index (κ3) is 5.17. The fourth-order valence-electron chi connectivity index (χ4n) is 2.76. The number of anilines is 2. The minimum Gasteiger partial charge on any atom is -0.495 e. The van der Waals surface area contributed by atoms with Gasteiger partial charge in [0.1, 0.15) is 10.6 Å². The SMILES string of the molecule is COc1ccccc1NS(=O)(=O)c1cc([N+](=O)[O-])ccc1NN=C(C)c1ccccc1. The highest BCUT2D eigenvalue weighted by molar-refractivity contribution is 7.93. The number of methoxy groups -OCH3 is 1. The largest absolute Gasteiger partial charge is 0.495 e. The summed E-state index contributed by atoms with van der Waals surface area (Å²) < 4.78 is 33.8. The molecule has 0 atom stereocenters. The van der Waals surface area contributed by atoms with E-state index < -0.39 is 14.9 Å². The molecular formula is C21H20N4O5S. The lowest BCUT2D eigenvalue weighted by Gasteiger charge is -2.14. The lowest BCUT2D eigenvalue weighted by Crippen LogP contribution is -2.16. The maximum absolute atomic E-state index is 13.1. The van der Waals surface area contributed by atoms with E-state index in [1.165, 1.54) is 25.3 Å². The van der Waals surface area contributed by atoms with Gasteiger partial charge in [-0.05, 0) is 30.7 Å². The number of rotatable bonds is 8. The van der Waals surface area contributed by atoms with Crippen LogP contribution in [0.15, 0.2) is 82.8 Å². The molecule has 0 aliphatic heterocycles. The van der Waals surface area contributed by atoms with Gasteiger partial charge in [0.05, 0.1) is 29.1 Å². The zero-order valence-electron chi connectivity index (χ0n) is 16.8. The van der Waals surface area contributed by atoms with Crippen molar-refractivity contribution < 1.29 is 18.1 Å². The first-order valence-corrected chi connectivity index (χ1v) is 10.6. The molecule has 0 aliphatic carbocycles. The first-order chi connectivity index (χ1) is 14.8. The maximum atomic E-state index is 13.1. The second kappa shape index (κ2) is 9.26. The van der Waals surface area contributed by atoms with E-state index in [1.807, 2.05) is 30.3 Å². The van der Waals surface area contributed by atoms with Gasteiger partial charge in [0.15, 0.2) is 0 Å². The van der Waals surface area contributed by atoms with Gasteiger partial charge in [-0.1, -0.05) is 42.5 Å². The topological polar surface area (TPSA) is 123 Å². The summed E-state index contributed by atoms with van der Waals surface area (Å²) in [4.78, 5) is 10.2. The summed E-state index contributed by atoms with van der Waals surface area (Å²) in [6.45, 7) is 1.76. The molecule has 3 aromatic carbocycles. The van der Waals surface area contributed by atoms with E-state index in [9.17, 15) is 18.5 Å². The summed E-state index contributed by atoms with van der Waals surface area (Å²) in [5.41, 5.74) is 4.09. The van der Waals surface area contributed by atoms with Gasteiger partial charge in [-0.15, -0.1) is 0 Å². The molecule has 0 heterocycles. The average molecular weight is 440 g/mol. The predicted molar refractivity (Wildman–Crippen MR) is 119 cm³/mol. The number of benzene rings is 3. The van der Waals surface area contributed by atoms with Crippen LogP contribution in [-0.4, -0.2) is 26.2 Å². The first kappa shape index (κ1) is 21.8. The standard InChI is InChI=1S/C21H20N4O5S/c1-15(16-8-4-3-5-9-16)22-23-19-13-12-17(25(26)27)14-21(19)31(28,29)24-18-10-6-7-11-20(18)30-2/h3-14,23-24H,1-2H3. The fraction of sp³-hybridized carbons (Fsp3) is 0.0952. The number of nitro benzene ring substituents is 1. The molecule has 2 N–H and O–H groups in total. The predicted octanol–water partition coefficient (Wildman–Crippen LogP) is 4.24. The molecule has 0 aromatic heterocycles. The summed E-state index contributed by atoms with van der Waals surface area (Å²) in [5.74, 6) is 0.309. The first-order valence-electron chi connectivity index (χ1n) is 9.12. The van der Waals surface area contributed by atoms with Crippen molar-refractivity contribution in [3.63, 3.8) is 0 Å². The van der Waals surface area contributed by atoms with Crippen molar-refractivity contribution >= 4 is 32.8 Å². The van der Waals surface area contributed by atoms with E-state index >= 15 is 0 Å². The van der Waals surface area contributed by atoms with Crippen LogP contribution in [0.4, 0.5) is 17.1 Å². The van der Waals surface area contributed by atoms with Crippen molar-refractivity contribution in [3.8, 4) is 5.75 Å². The van der Waals surface area contributed by atoms with Crippen LogP contribution < -0.4 is 14.9 Å². The number of hydrazone groups is 1. The third-order valence-corrected chi connectivity index (χ3v) is 5.76. The van der Waals surface area contributed by atoms with Crippen LogP contribution >= 0.6 is 0 Å². The Hall–Kier alpha value is -3.92. The molecule has 0 fully saturated rings. The summed E-state index contributed by atoms with van der Waals surface area (Å²) in [5, 5.41) is 15.5. The van der Waals surface area contributed by atoms with E-state index in [1.54, 1.807) is 25.1 Å². The average Bonchev–Trinajstić information content (AvgIpc) is 2.78. The summed E-state index contributed by atoms with van der Waals surface area (Å²) in [6.07, 6.45) is 0. The Morgan fingerprint density at radius 3 is 2.35 bits per heavy atom. The van der Waals surface area contributed by atoms with Crippen LogP contribution in [0.25, 0.3) is 0 Å². The lowest BCUT2D eigenvalue weighted by molar-refractivity contribution is -0.385. The van der Waals surface area contributed by atoms with E-state index in [0.717, 1.165) is 11.6 Å². The van der Waals surface area contributed by atoms with Crippen molar-refractivity contribution in [1.82, 2.24) is 0 Å². The second-order valence-electron chi connectivity index (χ2n) is 6.42. The number of nitrogens with one attached hydrogen (secondary N) is 2. The molecule has 0 saturated carbocycles. The molecule has 0 amide bonds. The van der Waals surface area contributed by atoms with Crippen LogP contribution in [0.1, 0.15) is 12.5 Å². The zero-order chi connectivity index (χ0) is 22.4. The number of nitrogens with zero attached hydrogens (tertiary/aromatic N) is 2. The number of nitro groups is 1. The molecule has 0 unspecified atom stereocenters. The van der Waals surface area contributed by atoms with Crippen LogP contribution in [0.5, 0.6) is 5.75 Å². The van der Waals surface area contributed by atoms with Gasteiger partial charge in [-0.25, -0.2) is 8.42 Å². The Morgan fingerprint density at radius 1 is 1.00 bits per heavy atom. The van der Waals surface area contributed by atoms with E-state index in [0.29, 0.717) is 11.5 Å². The van der Waals surface area contributed by atoms with Crippen molar-refractivity contribution in [2.45, 2.75) is 11.8 Å². The summed E-state index contributed by atoms with van der Waals surface area (Å²) in [7, 11) is -2.80. The number of hydrogen-bond donors (Lipinski definition) is 2. The molecule has 0 bridgehead atoms. The van der Waals surface area contributed by atoms with Crippen LogP contribution in [0, 0.1) is 10.1 Å². The van der Waals surface area contributed by atoms with Crippen molar-refractivity contribution in [2.24, 2.45) is 5.10 Å². The molecule has 31 heavy (non-hydrogen) atoms. The van der Waals surface area contributed by atoms with E-state index in [2.05, 4.69) is 15.2 Å². The quantitative estimate of drug-likeness (QED) is 0.307. The van der Waals surface area contributed by atoms with Gasteiger partial charge >= 0.3 is 0 Å². The highest BCUT2D eigenvalue weighted by Crippen LogP contribution is 2.31. The maximum Gasteiger partial charge on any atom is 0.270 e. The zero-order valence-corrected chi connectivity index (χ0v) is 17.6. The van der Waals surface area contributed by atoms with Gasteiger partial charge in [-0.2, -0.15) is 5.10 Å². The summed E-state index contributed by atoms with van der Waals surface area (Å²) >= 11 is 0. The van der Waals surface area contributed by atoms with Gasteiger partial charge < -0.3 is 4.74 Å². The minimum atomic E-state index is -4.21. The molecule has 3 rings (SSSR count). The Balaban J connectivity index is 2.01. The molecule has 0 spiro atoms. The lowest BCUT2D eigenvalue weighted by atomic mass is 10.1. The fourth-order valence-corrected chi connectivity index (χ4v) is 4.00. The number of sulfonamides is 1. The smallest absolute Gasteiger partial charge is 0.270 e. The minimum absolute atomic E-state index is 0.0864. The van der Waals surface area contributed by atoms with Crippen molar-refractivity contribution in [2.75, 3.05) is 17.3 Å². The molecule has 0 radical (unpaired) electrons. The molecule has 0 saturated heterocycles. The van der Waals surface area contributed by atoms with Gasteiger partial charge in [0, 0.05) is 12.1 Å². The summed E-state index contributed by atoms with van der Waals surface area (Å²) in [6, 6.07) is 19.2. The Bertz CT molecular complexity index is 1230. The monoisotopic (exact) mass is 440 g/mol. The van der Waals surface area contributed by atoms with E-state index in [-0.39, 0.29) is 22.0 Å². The van der Waals surface area contributed by atoms with Crippen LogP contribution in [-0.2, 0) is 10.0 Å².